The van der Waals surface area contributed by atoms with Crippen LogP contribution in [0.25, 0.3) is 0 Å². The summed E-state index contributed by atoms with van der Waals surface area (Å²) in [5, 5.41) is 0. The van der Waals surface area contributed by atoms with Crippen molar-refractivity contribution in [1.82, 2.24) is 0 Å². The molecule has 0 saturated carbocycles. The van der Waals surface area contributed by atoms with E-state index in [0.29, 0.717) is 26.4 Å². The van der Waals surface area contributed by atoms with Crippen LogP contribution in [0.3, 0.4) is 0 Å². The second kappa shape index (κ2) is 33.2. The van der Waals surface area contributed by atoms with Gasteiger partial charge in [0.05, 0.1) is 26.4 Å². The van der Waals surface area contributed by atoms with Crippen LogP contribution in [0.1, 0.15) is 12.8 Å². The van der Waals surface area contributed by atoms with Gasteiger partial charge in [0, 0.05) is 41.7 Å². The van der Waals surface area contributed by atoms with Crippen molar-refractivity contribution in [3.63, 3.8) is 0 Å². The standard InChI is InChI=1S/2C4H10O2.C4H8O.2HI.Tm/c2*1-5-3-4-6-2;1-2-4-5-3-1;;;/h2*3-4H2,1-2H3;1-4H2;2*1H;/q;;;;;+2/p-2. The summed E-state index contributed by atoms with van der Waals surface area (Å²) in [5.41, 5.74) is 0. The van der Waals surface area contributed by atoms with Crippen molar-refractivity contribution in [2.75, 3.05) is 68.1 Å². The van der Waals surface area contributed by atoms with E-state index in [0.717, 1.165) is 36.0 Å². The molecule has 1 heterocycles. The van der Waals surface area contributed by atoms with Crippen molar-refractivity contribution in [3.05, 3.63) is 0 Å². The maximum atomic E-state index is 4.94. The SMILES string of the molecule is C1CCOC1.COCCOC.COCCOC.[I][Tm][I]. The first-order chi connectivity index (χ1) is 9.74. The molecular formula is C12H28I2O5Tm. The van der Waals surface area contributed by atoms with E-state index in [4.69, 9.17) is 4.74 Å². The van der Waals surface area contributed by atoms with Gasteiger partial charge in [-0.1, -0.05) is 0 Å². The molecule has 0 radical (unpaired) electrons. The van der Waals surface area contributed by atoms with Crippen molar-refractivity contribution in [2.24, 2.45) is 0 Å². The summed E-state index contributed by atoms with van der Waals surface area (Å²) in [6.07, 6.45) is 2.56. The molecule has 0 aromatic carbocycles. The van der Waals surface area contributed by atoms with Crippen LogP contribution in [0.5, 0.6) is 0 Å². The van der Waals surface area contributed by atoms with Gasteiger partial charge in [-0.3, -0.25) is 0 Å². The summed E-state index contributed by atoms with van der Waals surface area (Å²) in [6.45, 7) is 4.76. The second-order valence-electron chi connectivity index (χ2n) is 3.33. The molecule has 1 aliphatic rings. The zero-order chi connectivity index (χ0) is 15.9. The molecule has 133 valence electrons. The Balaban J connectivity index is -0.000000198. The fraction of sp³-hybridized carbons (Fsp3) is 1.00. The predicted molar refractivity (Wildman–Crippen MR) is 95.6 cm³/mol. The van der Waals surface area contributed by atoms with Gasteiger partial charge in [-0.25, -0.2) is 0 Å². The number of ether oxygens (including phenoxy) is 5. The predicted octanol–water partition coefficient (Wildman–Crippen LogP) is 3.13. The zero-order valence-electron chi connectivity index (χ0n) is 12.7. The molecule has 0 aliphatic carbocycles. The second-order valence-corrected chi connectivity index (χ2v) is 16.5. The average molecular weight is 675 g/mol. The van der Waals surface area contributed by atoms with E-state index in [1.807, 2.05) is 0 Å². The number of hydrogen-bond acceptors (Lipinski definition) is 5. The molecule has 1 aliphatic heterocycles. The average Bonchev–Trinajstić information content (AvgIpc) is 3.04. The third kappa shape index (κ3) is 42.8. The van der Waals surface area contributed by atoms with Gasteiger partial charge in [0.25, 0.3) is 0 Å². The van der Waals surface area contributed by atoms with Crippen molar-refractivity contribution in [1.29, 1.82) is 0 Å². The fourth-order valence-corrected chi connectivity index (χ4v) is 0.844. The minimum absolute atomic E-state index is 0.691. The molecule has 1 fully saturated rings. The minimum atomic E-state index is 0.691. The number of halogens is 2. The normalized spacial score (nSPS) is 12.5. The van der Waals surface area contributed by atoms with Crippen LogP contribution < -0.4 is 0 Å². The van der Waals surface area contributed by atoms with E-state index in [2.05, 4.69) is 49.4 Å². The van der Waals surface area contributed by atoms with Crippen molar-refractivity contribution in [2.45, 2.75) is 12.8 Å². The molecule has 0 atom stereocenters. The molecule has 5 nitrogen and oxygen atoms in total. The van der Waals surface area contributed by atoms with Crippen LogP contribution >= 0.6 is 30.5 Å². The summed E-state index contributed by atoms with van der Waals surface area (Å²) in [7, 11) is 6.61. The fourth-order valence-electron chi connectivity index (χ4n) is 0.844. The van der Waals surface area contributed by atoms with Crippen LogP contribution in [0.4, 0.5) is 0 Å². The molecule has 0 aromatic rings. The van der Waals surface area contributed by atoms with Gasteiger partial charge in [-0.05, 0) is 12.8 Å². The first kappa shape index (κ1) is 27.3. The Bertz CT molecular complexity index is 109. The number of hydrogen-bond donors (Lipinski definition) is 0. The van der Waals surface area contributed by atoms with E-state index < -0.39 is 0 Å². The molecule has 0 spiro atoms. The molecule has 0 amide bonds. The third-order valence-electron chi connectivity index (χ3n) is 1.81. The van der Waals surface area contributed by atoms with Gasteiger partial charge in [0.15, 0.2) is 0 Å². The topological polar surface area (TPSA) is 46.2 Å². The van der Waals surface area contributed by atoms with Crippen LogP contribution in [0, 0.1) is 22.8 Å². The summed E-state index contributed by atoms with van der Waals surface area (Å²) in [4.78, 5) is 0. The van der Waals surface area contributed by atoms with Crippen molar-refractivity contribution in [3.8, 4) is 0 Å². The van der Waals surface area contributed by atoms with E-state index >= 15 is 0 Å². The molecule has 8 heteroatoms. The van der Waals surface area contributed by atoms with Crippen molar-refractivity contribution >= 4 is 30.5 Å². The maximum absolute atomic E-state index is 4.94. The Kier molecular flexibility index (Phi) is 45.4. The molecule has 0 aromatic heterocycles. The zero-order valence-corrected chi connectivity index (χ0v) is 18.8. The van der Waals surface area contributed by atoms with Crippen molar-refractivity contribution < 1.29 is 46.5 Å². The Labute approximate surface area is 155 Å². The van der Waals surface area contributed by atoms with Gasteiger partial charge < -0.3 is 23.7 Å². The molecule has 0 unspecified atom stereocenters. The number of methoxy groups -OCH3 is 4. The molecule has 0 N–H and O–H groups in total. The third-order valence-corrected chi connectivity index (χ3v) is 1.81. The summed E-state index contributed by atoms with van der Waals surface area (Å²) >= 11 is 5.46. The first-order valence-corrected chi connectivity index (χ1v) is 16.3. The molecule has 1 saturated heterocycles. The van der Waals surface area contributed by atoms with E-state index in [1.54, 1.807) is 28.4 Å². The van der Waals surface area contributed by atoms with Gasteiger partial charge in [-0.2, -0.15) is 0 Å². The Morgan fingerprint density at radius 2 is 1.00 bits per heavy atom. The quantitative estimate of drug-likeness (QED) is 0.320. The van der Waals surface area contributed by atoms with Crippen LogP contribution in [-0.2, 0) is 23.7 Å². The van der Waals surface area contributed by atoms with Crippen LogP contribution in [-0.4, -0.2) is 68.1 Å². The summed E-state index contributed by atoms with van der Waals surface area (Å²) in [6, 6.07) is 0. The van der Waals surface area contributed by atoms with Gasteiger partial charge in [0.2, 0.25) is 0 Å². The Morgan fingerprint density at radius 3 is 1.10 bits per heavy atom. The molecule has 20 heavy (non-hydrogen) atoms. The molecular weight excluding hydrogens is 647 g/mol. The first-order valence-electron chi connectivity index (χ1n) is 6.07. The van der Waals surface area contributed by atoms with E-state index in [1.165, 1.54) is 12.8 Å². The Morgan fingerprint density at radius 1 is 0.750 bits per heavy atom. The summed E-state index contributed by atoms with van der Waals surface area (Å²) in [5.74, 6) is 0. The van der Waals surface area contributed by atoms with Gasteiger partial charge >= 0.3 is 53.2 Å². The van der Waals surface area contributed by atoms with Gasteiger partial charge in [-0.15, -0.1) is 0 Å². The summed E-state index contributed by atoms with van der Waals surface area (Å²) < 4.78 is 23.6. The Hall–Kier alpha value is 2.49. The van der Waals surface area contributed by atoms with Crippen LogP contribution in [0.2, 0.25) is 0 Å². The van der Waals surface area contributed by atoms with E-state index in [9.17, 15) is 0 Å². The van der Waals surface area contributed by atoms with E-state index in [-0.39, 0.29) is 0 Å². The monoisotopic (exact) mass is 675 g/mol. The van der Waals surface area contributed by atoms with Gasteiger partial charge in [0.1, 0.15) is 0 Å². The van der Waals surface area contributed by atoms with Crippen LogP contribution in [0.15, 0.2) is 0 Å². The molecule has 0 bridgehead atoms. The molecule has 1 rings (SSSR count). The number of rotatable bonds is 6.